The quantitative estimate of drug-likeness (QED) is 0.843. The molecule has 0 saturated carbocycles. The lowest BCUT2D eigenvalue weighted by Crippen LogP contribution is -2.08. The third-order valence-corrected chi connectivity index (χ3v) is 3.91. The summed E-state index contributed by atoms with van der Waals surface area (Å²) < 4.78 is 0. The summed E-state index contributed by atoms with van der Waals surface area (Å²) in [6.07, 6.45) is 1.40. The molecule has 1 heterocycles. The van der Waals surface area contributed by atoms with E-state index in [0.717, 1.165) is 11.3 Å². The minimum atomic E-state index is -0.986. The van der Waals surface area contributed by atoms with Crippen LogP contribution in [0.3, 0.4) is 0 Å². The highest BCUT2D eigenvalue weighted by atomic mass is 32.2. The molecular formula is C16H18N2O2S. The Labute approximate surface area is 128 Å². The van der Waals surface area contributed by atoms with Gasteiger partial charge in [-0.2, -0.15) is 0 Å². The molecule has 4 nitrogen and oxygen atoms in total. The van der Waals surface area contributed by atoms with Crippen molar-refractivity contribution in [1.29, 1.82) is 0 Å². The maximum Gasteiger partial charge on any atom is 0.339 e. The lowest BCUT2D eigenvalue weighted by molar-refractivity contribution is 0.0694. The number of benzene rings is 1. The number of carboxylic acids is 1. The van der Waals surface area contributed by atoms with Gasteiger partial charge in [-0.25, -0.2) is 14.8 Å². The molecule has 21 heavy (non-hydrogen) atoms. The summed E-state index contributed by atoms with van der Waals surface area (Å²) in [4.78, 5) is 21.0. The molecule has 1 N–H and O–H groups in total. The van der Waals surface area contributed by atoms with Crippen LogP contribution in [-0.2, 0) is 0 Å². The van der Waals surface area contributed by atoms with E-state index in [1.165, 1.54) is 11.1 Å². The average Bonchev–Trinajstić information content (AvgIpc) is 2.47. The van der Waals surface area contributed by atoms with Crippen LogP contribution in [0, 0.1) is 0 Å². The van der Waals surface area contributed by atoms with Gasteiger partial charge < -0.3 is 5.11 Å². The van der Waals surface area contributed by atoms with Crippen molar-refractivity contribution in [2.45, 2.75) is 31.6 Å². The van der Waals surface area contributed by atoms with Gasteiger partial charge in [0, 0.05) is 16.7 Å². The molecule has 0 aliphatic rings. The van der Waals surface area contributed by atoms with Crippen molar-refractivity contribution in [2.24, 2.45) is 0 Å². The van der Waals surface area contributed by atoms with E-state index in [-0.39, 0.29) is 11.5 Å². The fourth-order valence-electron chi connectivity index (χ4n) is 2.01. The van der Waals surface area contributed by atoms with Gasteiger partial charge in [-0.1, -0.05) is 32.9 Å². The molecule has 0 bridgehead atoms. The van der Waals surface area contributed by atoms with Crippen LogP contribution in [0.4, 0.5) is 0 Å². The zero-order chi connectivity index (χ0) is 15.4. The monoisotopic (exact) mass is 302 g/mol. The summed E-state index contributed by atoms with van der Waals surface area (Å²) in [6, 6.07) is 8.01. The molecule has 2 rings (SSSR count). The third kappa shape index (κ3) is 3.61. The molecule has 5 heteroatoms. The molecule has 1 aromatic carbocycles. The largest absolute Gasteiger partial charge is 0.478 e. The zero-order valence-corrected chi connectivity index (χ0v) is 13.1. The van der Waals surface area contributed by atoms with Crippen molar-refractivity contribution in [2.75, 3.05) is 5.75 Å². The van der Waals surface area contributed by atoms with E-state index in [4.69, 9.17) is 0 Å². The molecule has 2 aromatic rings. The van der Waals surface area contributed by atoms with Crippen molar-refractivity contribution < 1.29 is 9.90 Å². The molecule has 0 saturated heterocycles. The number of hydrogen-bond donors (Lipinski definition) is 1. The fourth-order valence-corrected chi connectivity index (χ4v) is 2.67. The van der Waals surface area contributed by atoms with Gasteiger partial charge in [0.05, 0.1) is 11.3 Å². The summed E-state index contributed by atoms with van der Waals surface area (Å²) in [5, 5.41) is 9.19. The number of aromatic carboxylic acids is 1. The average molecular weight is 302 g/mol. The molecule has 0 unspecified atom stereocenters. The van der Waals surface area contributed by atoms with Gasteiger partial charge in [-0.3, -0.25) is 0 Å². The zero-order valence-electron chi connectivity index (χ0n) is 12.3. The summed E-state index contributed by atoms with van der Waals surface area (Å²) in [5.41, 5.74) is 1.64. The first kappa shape index (κ1) is 15.5. The van der Waals surface area contributed by atoms with Gasteiger partial charge in [0.1, 0.15) is 0 Å². The molecule has 1 aromatic heterocycles. The smallest absolute Gasteiger partial charge is 0.339 e. The van der Waals surface area contributed by atoms with Crippen LogP contribution in [-0.4, -0.2) is 26.8 Å². The van der Waals surface area contributed by atoms with E-state index < -0.39 is 5.97 Å². The Hall–Kier alpha value is -1.88. The van der Waals surface area contributed by atoms with E-state index in [9.17, 15) is 9.90 Å². The second-order valence-corrected chi connectivity index (χ2v) is 6.25. The first-order chi connectivity index (χ1) is 10.0. The normalized spacial score (nSPS) is 10.9. The van der Waals surface area contributed by atoms with Crippen LogP contribution in [0.25, 0.3) is 11.4 Å². The first-order valence-corrected chi connectivity index (χ1v) is 7.85. The van der Waals surface area contributed by atoms with Crippen molar-refractivity contribution in [3.8, 4) is 11.4 Å². The predicted octanol–water partition coefficient (Wildman–Crippen LogP) is 4.08. The summed E-state index contributed by atoms with van der Waals surface area (Å²) in [7, 11) is 0. The second kappa shape index (κ2) is 6.72. The van der Waals surface area contributed by atoms with Crippen LogP contribution in [0.15, 0.2) is 35.4 Å². The van der Waals surface area contributed by atoms with E-state index in [1.54, 1.807) is 11.8 Å². The van der Waals surface area contributed by atoms with E-state index in [0.29, 0.717) is 11.5 Å². The van der Waals surface area contributed by atoms with Gasteiger partial charge in [0.15, 0.2) is 5.82 Å². The van der Waals surface area contributed by atoms with Gasteiger partial charge in [-0.15, -0.1) is 11.8 Å². The van der Waals surface area contributed by atoms with Crippen LogP contribution in [0.1, 0.15) is 42.7 Å². The fraction of sp³-hybridized carbons (Fsp3) is 0.312. The summed E-state index contributed by atoms with van der Waals surface area (Å²) in [6.45, 7) is 5.97. The van der Waals surface area contributed by atoms with Crippen molar-refractivity contribution in [3.63, 3.8) is 0 Å². The van der Waals surface area contributed by atoms with Crippen LogP contribution in [0.2, 0.25) is 0 Å². The van der Waals surface area contributed by atoms with Gasteiger partial charge >= 0.3 is 5.97 Å². The predicted molar refractivity (Wildman–Crippen MR) is 84.9 cm³/mol. The number of carboxylic acid groups (broad SMARTS) is 1. The number of aromatic nitrogens is 2. The first-order valence-electron chi connectivity index (χ1n) is 6.86. The Balaban J connectivity index is 2.40. The highest BCUT2D eigenvalue weighted by molar-refractivity contribution is 7.99. The maximum absolute atomic E-state index is 11.2. The minimum Gasteiger partial charge on any atom is -0.478 e. The number of hydrogen-bond acceptors (Lipinski definition) is 4. The van der Waals surface area contributed by atoms with Crippen LogP contribution in [0.5, 0.6) is 0 Å². The Bertz CT molecular complexity index is 639. The minimum absolute atomic E-state index is 0.0350. The Morgan fingerprint density at radius 3 is 2.48 bits per heavy atom. The van der Waals surface area contributed by atoms with Crippen molar-refractivity contribution >= 4 is 17.7 Å². The molecule has 0 aliphatic carbocycles. The lowest BCUT2D eigenvalue weighted by Gasteiger charge is -2.10. The molecule has 0 amide bonds. The summed E-state index contributed by atoms with van der Waals surface area (Å²) >= 11 is 1.78. The maximum atomic E-state index is 11.2. The van der Waals surface area contributed by atoms with Gasteiger partial charge in [0.2, 0.25) is 0 Å². The Morgan fingerprint density at radius 2 is 1.95 bits per heavy atom. The molecule has 110 valence electrons. The van der Waals surface area contributed by atoms with E-state index in [1.807, 2.05) is 38.1 Å². The van der Waals surface area contributed by atoms with Crippen molar-refractivity contribution in [3.05, 3.63) is 41.7 Å². The van der Waals surface area contributed by atoms with Gasteiger partial charge in [-0.05, 0) is 23.8 Å². The SMILES string of the molecule is CCSc1ccc(-c2ncc(C(=O)O)c(C(C)C)n2)cc1. The Morgan fingerprint density at radius 1 is 1.29 bits per heavy atom. The van der Waals surface area contributed by atoms with Crippen LogP contribution >= 0.6 is 11.8 Å². The number of nitrogens with zero attached hydrogens (tertiary/aromatic N) is 2. The number of thioether (sulfide) groups is 1. The molecule has 0 fully saturated rings. The molecule has 0 radical (unpaired) electrons. The van der Waals surface area contributed by atoms with E-state index in [2.05, 4.69) is 16.9 Å². The molecular weight excluding hydrogens is 284 g/mol. The topological polar surface area (TPSA) is 63.1 Å². The molecule has 0 atom stereocenters. The van der Waals surface area contributed by atoms with Crippen molar-refractivity contribution in [1.82, 2.24) is 9.97 Å². The molecule has 0 spiro atoms. The summed E-state index contributed by atoms with van der Waals surface area (Å²) in [5.74, 6) is 0.644. The second-order valence-electron chi connectivity index (χ2n) is 4.91. The number of rotatable bonds is 5. The number of carbonyl (C=O) groups is 1. The third-order valence-electron chi connectivity index (χ3n) is 3.02. The van der Waals surface area contributed by atoms with E-state index >= 15 is 0 Å². The highest BCUT2D eigenvalue weighted by Gasteiger charge is 2.16. The standard InChI is InChI=1S/C16H18N2O2S/c1-4-21-12-7-5-11(6-8-12)15-17-9-13(16(19)20)14(18-15)10(2)3/h5-10H,4H2,1-3H3,(H,19,20). The molecule has 0 aliphatic heterocycles. The lowest BCUT2D eigenvalue weighted by atomic mass is 10.0. The van der Waals surface area contributed by atoms with Gasteiger partial charge in [0.25, 0.3) is 0 Å². The Kier molecular flexibility index (Phi) is 4.96. The highest BCUT2D eigenvalue weighted by Crippen LogP contribution is 2.24. The van der Waals surface area contributed by atoms with Crippen LogP contribution < -0.4 is 0 Å².